The highest BCUT2D eigenvalue weighted by Gasteiger charge is 2.20. The minimum atomic E-state index is 0.649. The fourth-order valence-electron chi connectivity index (χ4n) is 1.86. The summed E-state index contributed by atoms with van der Waals surface area (Å²) in [5, 5.41) is 8.08. The Morgan fingerprint density at radius 1 is 1.67 bits per heavy atom. The third kappa shape index (κ3) is 3.21. The summed E-state index contributed by atoms with van der Waals surface area (Å²) in [6.45, 7) is 3.24. The van der Waals surface area contributed by atoms with Crippen molar-refractivity contribution in [3.05, 3.63) is 12.2 Å². The minimum absolute atomic E-state index is 0.649. The van der Waals surface area contributed by atoms with Crippen molar-refractivity contribution in [3.8, 4) is 0 Å². The number of thioether (sulfide) groups is 1. The van der Waals surface area contributed by atoms with Gasteiger partial charge in [-0.05, 0) is 18.6 Å². The lowest BCUT2D eigenvalue weighted by Crippen LogP contribution is -2.40. The van der Waals surface area contributed by atoms with Gasteiger partial charge >= 0.3 is 0 Å². The van der Waals surface area contributed by atoms with Gasteiger partial charge in [-0.2, -0.15) is 16.7 Å². The van der Waals surface area contributed by atoms with E-state index in [1.807, 2.05) is 0 Å². The lowest BCUT2D eigenvalue weighted by Gasteiger charge is -2.29. The molecule has 2 atom stereocenters. The van der Waals surface area contributed by atoms with Gasteiger partial charge in [-0.15, -0.1) is 0 Å². The van der Waals surface area contributed by atoms with E-state index in [0.717, 1.165) is 24.0 Å². The summed E-state index contributed by atoms with van der Waals surface area (Å²) in [4.78, 5) is 3.99. The summed E-state index contributed by atoms with van der Waals surface area (Å²) < 4.78 is 4.69. The summed E-state index contributed by atoms with van der Waals surface area (Å²) in [6, 6.07) is 0.649. The molecule has 1 aromatic heterocycles. The van der Waals surface area contributed by atoms with E-state index in [2.05, 4.69) is 38.7 Å². The maximum atomic E-state index is 4.69. The van der Waals surface area contributed by atoms with Crippen LogP contribution in [0, 0.1) is 0 Å². The molecule has 0 bridgehead atoms. The maximum Gasteiger partial charge on any atom is 0.213 e. The van der Waals surface area contributed by atoms with Crippen LogP contribution >= 0.6 is 11.8 Å². The number of rotatable bonds is 4. The Bertz CT molecular complexity index is 278. The molecule has 2 heterocycles. The number of aromatic nitrogens is 2. The highest BCUT2D eigenvalue weighted by Crippen LogP contribution is 2.24. The van der Waals surface area contributed by atoms with E-state index in [9.17, 15) is 0 Å². The van der Waals surface area contributed by atoms with Crippen LogP contribution in [0.3, 0.4) is 0 Å². The molecule has 15 heavy (non-hydrogen) atoms. The minimum Gasteiger partial charge on any atom is -0.343 e. The molecule has 1 saturated heterocycles. The highest BCUT2D eigenvalue weighted by atomic mass is 32.2. The second-order valence-electron chi connectivity index (χ2n) is 3.88. The molecule has 1 fully saturated rings. The monoisotopic (exact) mass is 227 g/mol. The lowest BCUT2D eigenvalue weighted by molar-refractivity contribution is 0.406. The van der Waals surface area contributed by atoms with E-state index in [4.69, 9.17) is 0 Å². The molecule has 0 amide bonds. The predicted octanol–water partition coefficient (Wildman–Crippen LogP) is 1.49. The Kier molecular flexibility index (Phi) is 4.02. The van der Waals surface area contributed by atoms with E-state index in [1.54, 1.807) is 0 Å². The zero-order valence-electron chi connectivity index (χ0n) is 8.98. The van der Waals surface area contributed by atoms with Gasteiger partial charge in [0.1, 0.15) is 0 Å². The zero-order valence-corrected chi connectivity index (χ0v) is 9.80. The SMILES string of the molecule is CC1SCCCC1NCCc1ncon1. The van der Waals surface area contributed by atoms with Crippen LogP contribution in [-0.2, 0) is 6.42 Å². The Labute approximate surface area is 94.2 Å². The molecule has 0 aromatic carbocycles. The van der Waals surface area contributed by atoms with E-state index in [0.29, 0.717) is 6.04 Å². The van der Waals surface area contributed by atoms with Crippen molar-refractivity contribution in [2.75, 3.05) is 12.3 Å². The van der Waals surface area contributed by atoms with Crippen molar-refractivity contribution in [1.29, 1.82) is 0 Å². The molecule has 2 rings (SSSR count). The van der Waals surface area contributed by atoms with Crippen molar-refractivity contribution in [1.82, 2.24) is 15.5 Å². The van der Waals surface area contributed by atoms with Gasteiger partial charge in [0.05, 0.1) is 0 Å². The Morgan fingerprint density at radius 2 is 2.60 bits per heavy atom. The van der Waals surface area contributed by atoms with E-state index in [-0.39, 0.29) is 0 Å². The average molecular weight is 227 g/mol. The molecule has 0 spiro atoms. The molecule has 5 heteroatoms. The molecular formula is C10H17N3OS. The molecule has 0 aliphatic carbocycles. The molecule has 2 unspecified atom stereocenters. The van der Waals surface area contributed by atoms with Crippen LogP contribution in [0.2, 0.25) is 0 Å². The first-order valence-electron chi connectivity index (χ1n) is 5.46. The first kappa shape index (κ1) is 11.0. The Hall–Kier alpha value is -0.550. The topological polar surface area (TPSA) is 51.0 Å². The van der Waals surface area contributed by atoms with Crippen LogP contribution in [0.25, 0.3) is 0 Å². The van der Waals surface area contributed by atoms with Crippen LogP contribution < -0.4 is 5.32 Å². The predicted molar refractivity (Wildman–Crippen MR) is 60.9 cm³/mol. The first-order valence-corrected chi connectivity index (χ1v) is 6.51. The fraction of sp³-hybridized carbons (Fsp3) is 0.800. The molecule has 4 nitrogen and oxygen atoms in total. The molecule has 1 aliphatic heterocycles. The maximum absolute atomic E-state index is 4.69. The van der Waals surface area contributed by atoms with Crippen molar-refractivity contribution in [2.24, 2.45) is 0 Å². The van der Waals surface area contributed by atoms with E-state index < -0.39 is 0 Å². The smallest absolute Gasteiger partial charge is 0.213 e. The van der Waals surface area contributed by atoms with Gasteiger partial charge in [-0.1, -0.05) is 12.1 Å². The average Bonchev–Trinajstić information content (AvgIpc) is 2.74. The highest BCUT2D eigenvalue weighted by molar-refractivity contribution is 7.99. The summed E-state index contributed by atoms with van der Waals surface area (Å²) >= 11 is 2.06. The molecule has 1 aromatic rings. The van der Waals surface area contributed by atoms with Crippen LogP contribution in [-0.4, -0.2) is 33.7 Å². The third-order valence-electron chi connectivity index (χ3n) is 2.77. The van der Waals surface area contributed by atoms with Crippen molar-refractivity contribution in [3.63, 3.8) is 0 Å². The van der Waals surface area contributed by atoms with E-state index in [1.165, 1.54) is 25.0 Å². The van der Waals surface area contributed by atoms with Gasteiger partial charge in [0.15, 0.2) is 5.82 Å². The second-order valence-corrected chi connectivity index (χ2v) is 5.36. The lowest BCUT2D eigenvalue weighted by atomic mass is 10.1. The Morgan fingerprint density at radius 3 is 3.33 bits per heavy atom. The van der Waals surface area contributed by atoms with Crippen molar-refractivity contribution in [2.45, 2.75) is 37.5 Å². The zero-order chi connectivity index (χ0) is 10.5. The van der Waals surface area contributed by atoms with Gasteiger partial charge < -0.3 is 9.84 Å². The number of nitrogens with one attached hydrogen (secondary N) is 1. The quantitative estimate of drug-likeness (QED) is 0.844. The molecule has 84 valence electrons. The second kappa shape index (κ2) is 5.51. The van der Waals surface area contributed by atoms with Crippen molar-refractivity contribution >= 4 is 11.8 Å². The van der Waals surface area contributed by atoms with Crippen LogP contribution in [0.4, 0.5) is 0 Å². The fourth-order valence-corrected chi connectivity index (χ4v) is 3.03. The third-order valence-corrected chi connectivity index (χ3v) is 4.15. The molecule has 0 radical (unpaired) electrons. The standard InChI is InChI=1S/C10H17N3OS/c1-8-9(3-2-6-15-8)11-5-4-10-12-7-14-13-10/h7-9,11H,2-6H2,1H3. The van der Waals surface area contributed by atoms with Crippen LogP contribution in [0.1, 0.15) is 25.6 Å². The first-order chi connectivity index (χ1) is 7.36. The molecular weight excluding hydrogens is 210 g/mol. The molecule has 1 N–H and O–H groups in total. The normalized spacial score (nSPS) is 26.7. The number of hydrogen-bond donors (Lipinski definition) is 1. The van der Waals surface area contributed by atoms with Gasteiger partial charge in [-0.3, -0.25) is 0 Å². The van der Waals surface area contributed by atoms with Crippen molar-refractivity contribution < 1.29 is 4.52 Å². The largest absolute Gasteiger partial charge is 0.343 e. The van der Waals surface area contributed by atoms with Gasteiger partial charge in [0.2, 0.25) is 6.39 Å². The summed E-state index contributed by atoms with van der Waals surface area (Å²) in [7, 11) is 0. The summed E-state index contributed by atoms with van der Waals surface area (Å²) in [5.41, 5.74) is 0. The van der Waals surface area contributed by atoms with Crippen LogP contribution in [0.15, 0.2) is 10.9 Å². The van der Waals surface area contributed by atoms with Gasteiger partial charge in [-0.25, -0.2) is 0 Å². The van der Waals surface area contributed by atoms with E-state index >= 15 is 0 Å². The van der Waals surface area contributed by atoms with Gasteiger partial charge in [0.25, 0.3) is 0 Å². The van der Waals surface area contributed by atoms with Crippen LogP contribution in [0.5, 0.6) is 0 Å². The Balaban J connectivity index is 1.68. The summed E-state index contributed by atoms with van der Waals surface area (Å²) in [6.07, 6.45) is 4.86. The summed E-state index contributed by atoms with van der Waals surface area (Å²) in [5.74, 6) is 2.10. The van der Waals surface area contributed by atoms with Gasteiger partial charge in [0, 0.05) is 24.3 Å². The molecule has 0 saturated carbocycles. The number of hydrogen-bond acceptors (Lipinski definition) is 5. The number of nitrogens with zero attached hydrogens (tertiary/aromatic N) is 2. The molecule has 1 aliphatic rings.